The summed E-state index contributed by atoms with van der Waals surface area (Å²) in [7, 11) is 0. The molecule has 0 spiro atoms. The fourth-order valence-electron chi connectivity index (χ4n) is 4.02. The third kappa shape index (κ3) is 3.64. The Morgan fingerprint density at radius 1 is 1.14 bits per heavy atom. The largest absolute Gasteiger partial charge is 0.338 e. The summed E-state index contributed by atoms with van der Waals surface area (Å²) < 4.78 is 2.12. The summed E-state index contributed by atoms with van der Waals surface area (Å²) in [5.74, 6) is 3.01. The van der Waals surface area contributed by atoms with Gasteiger partial charge in [-0.2, -0.15) is 10.1 Å². The molecule has 3 aromatic heterocycles. The standard InChI is InChI=1S/C21H28N8/c1-14-6-7-23-17(12-14)24-20-19-18(15(2)29(27-19)13-16-4-3-5-16)25-21(26-20)28-10-8-22-9-11-28/h6-7,12,16,22H,3-5,8-11,13H2,1-2H3,(H,23,24,25,26). The third-order valence-corrected chi connectivity index (χ3v) is 6.04. The maximum Gasteiger partial charge on any atom is 0.228 e. The average molecular weight is 393 g/mol. The van der Waals surface area contributed by atoms with E-state index < -0.39 is 0 Å². The SMILES string of the molecule is Cc1ccnc(Nc2nc(N3CCNCC3)nc3c(C)n(CC4CCC4)nc23)c1. The highest BCUT2D eigenvalue weighted by molar-refractivity contribution is 5.89. The molecule has 1 aliphatic heterocycles. The molecule has 29 heavy (non-hydrogen) atoms. The van der Waals surface area contributed by atoms with Crippen LogP contribution in [0.3, 0.4) is 0 Å². The minimum absolute atomic E-state index is 0.733. The molecule has 1 aliphatic carbocycles. The summed E-state index contributed by atoms with van der Waals surface area (Å²) in [5.41, 5.74) is 4.03. The van der Waals surface area contributed by atoms with Gasteiger partial charge in [-0.1, -0.05) is 6.42 Å². The van der Waals surface area contributed by atoms with Crippen LogP contribution < -0.4 is 15.5 Å². The van der Waals surface area contributed by atoms with E-state index in [1.54, 1.807) is 0 Å². The summed E-state index contributed by atoms with van der Waals surface area (Å²) in [6.07, 6.45) is 5.74. The number of fused-ring (bicyclic) bond motifs is 1. The van der Waals surface area contributed by atoms with Gasteiger partial charge in [-0.05, 0) is 50.3 Å². The van der Waals surface area contributed by atoms with E-state index in [4.69, 9.17) is 15.1 Å². The van der Waals surface area contributed by atoms with E-state index in [0.717, 1.165) is 78.5 Å². The van der Waals surface area contributed by atoms with Crippen LogP contribution in [0.5, 0.6) is 0 Å². The zero-order valence-electron chi connectivity index (χ0n) is 17.1. The van der Waals surface area contributed by atoms with E-state index in [1.807, 2.05) is 18.3 Å². The molecule has 8 nitrogen and oxygen atoms in total. The van der Waals surface area contributed by atoms with Crippen molar-refractivity contribution in [2.75, 3.05) is 36.4 Å². The van der Waals surface area contributed by atoms with Crippen molar-refractivity contribution in [1.29, 1.82) is 0 Å². The molecule has 0 aromatic carbocycles. The number of hydrogen-bond acceptors (Lipinski definition) is 7. The lowest BCUT2D eigenvalue weighted by atomic mass is 9.85. The van der Waals surface area contributed by atoms with Crippen molar-refractivity contribution >= 4 is 28.6 Å². The number of aromatic nitrogens is 5. The van der Waals surface area contributed by atoms with Crippen LogP contribution in [0.15, 0.2) is 18.3 Å². The van der Waals surface area contributed by atoms with Crippen LogP contribution in [-0.2, 0) is 6.54 Å². The van der Waals surface area contributed by atoms with Gasteiger partial charge in [0.15, 0.2) is 11.3 Å². The first-order valence-corrected chi connectivity index (χ1v) is 10.6. The number of nitrogens with zero attached hydrogens (tertiary/aromatic N) is 6. The molecule has 2 N–H and O–H groups in total. The molecule has 1 saturated carbocycles. The van der Waals surface area contributed by atoms with E-state index >= 15 is 0 Å². The summed E-state index contributed by atoms with van der Waals surface area (Å²) in [6.45, 7) is 8.86. The minimum atomic E-state index is 0.733. The molecule has 0 atom stereocenters. The predicted octanol–water partition coefficient (Wildman–Crippen LogP) is 2.79. The Hall–Kier alpha value is -2.74. The Kier molecular flexibility index (Phi) is 4.79. The quantitative estimate of drug-likeness (QED) is 0.691. The second kappa shape index (κ2) is 7.59. The molecule has 8 heteroatoms. The van der Waals surface area contributed by atoms with Crippen LogP contribution in [0, 0.1) is 19.8 Å². The van der Waals surface area contributed by atoms with Gasteiger partial charge in [-0.3, -0.25) is 4.68 Å². The second-order valence-electron chi connectivity index (χ2n) is 8.21. The minimum Gasteiger partial charge on any atom is -0.338 e. The van der Waals surface area contributed by atoms with Gasteiger partial charge in [0.05, 0.1) is 5.69 Å². The fourth-order valence-corrected chi connectivity index (χ4v) is 4.02. The van der Waals surface area contributed by atoms with Crippen molar-refractivity contribution in [2.24, 2.45) is 5.92 Å². The Bertz CT molecular complexity index is 1020. The first-order chi connectivity index (χ1) is 14.2. The summed E-state index contributed by atoms with van der Waals surface area (Å²) in [6, 6.07) is 4.01. The molecule has 0 radical (unpaired) electrons. The topological polar surface area (TPSA) is 83.8 Å². The lowest BCUT2D eigenvalue weighted by Crippen LogP contribution is -2.44. The predicted molar refractivity (Wildman–Crippen MR) is 115 cm³/mol. The molecule has 2 aliphatic rings. The highest BCUT2D eigenvalue weighted by atomic mass is 15.3. The average Bonchev–Trinajstić information content (AvgIpc) is 3.02. The number of rotatable bonds is 5. The van der Waals surface area contributed by atoms with Gasteiger partial charge >= 0.3 is 0 Å². The van der Waals surface area contributed by atoms with Crippen LogP contribution in [0.1, 0.15) is 30.5 Å². The number of nitrogens with one attached hydrogen (secondary N) is 2. The monoisotopic (exact) mass is 392 g/mol. The zero-order chi connectivity index (χ0) is 19.8. The maximum absolute atomic E-state index is 4.93. The fraction of sp³-hybridized carbons (Fsp3) is 0.524. The number of pyridine rings is 1. The Balaban J connectivity index is 1.58. The van der Waals surface area contributed by atoms with E-state index in [1.165, 1.54) is 19.3 Å². The lowest BCUT2D eigenvalue weighted by molar-refractivity contribution is 0.265. The first-order valence-electron chi connectivity index (χ1n) is 10.6. The maximum atomic E-state index is 4.93. The zero-order valence-corrected chi connectivity index (χ0v) is 17.1. The van der Waals surface area contributed by atoms with Gasteiger partial charge in [-0.25, -0.2) is 9.97 Å². The molecule has 152 valence electrons. The van der Waals surface area contributed by atoms with Gasteiger partial charge in [0.2, 0.25) is 5.95 Å². The van der Waals surface area contributed by atoms with Gasteiger partial charge < -0.3 is 15.5 Å². The van der Waals surface area contributed by atoms with Gasteiger partial charge in [-0.15, -0.1) is 0 Å². The summed E-state index contributed by atoms with van der Waals surface area (Å²) in [5, 5.41) is 11.7. The van der Waals surface area contributed by atoms with Crippen LogP contribution in [0.2, 0.25) is 0 Å². The number of anilines is 3. The van der Waals surface area contributed by atoms with Crippen molar-refractivity contribution in [2.45, 2.75) is 39.7 Å². The van der Waals surface area contributed by atoms with Crippen LogP contribution in [0.4, 0.5) is 17.6 Å². The van der Waals surface area contributed by atoms with Crippen molar-refractivity contribution in [3.63, 3.8) is 0 Å². The molecule has 0 amide bonds. The van der Waals surface area contributed by atoms with E-state index in [9.17, 15) is 0 Å². The number of hydrogen-bond donors (Lipinski definition) is 2. The second-order valence-corrected chi connectivity index (χ2v) is 8.21. The van der Waals surface area contributed by atoms with Gasteiger partial charge in [0.1, 0.15) is 11.3 Å². The number of piperazine rings is 1. The van der Waals surface area contributed by atoms with Gasteiger partial charge in [0, 0.05) is 38.9 Å². The lowest BCUT2D eigenvalue weighted by Gasteiger charge is -2.27. The van der Waals surface area contributed by atoms with Crippen molar-refractivity contribution in [1.82, 2.24) is 30.0 Å². The number of aryl methyl sites for hydroxylation is 2. The van der Waals surface area contributed by atoms with E-state index in [0.29, 0.717) is 0 Å². The van der Waals surface area contributed by atoms with E-state index in [-0.39, 0.29) is 0 Å². The van der Waals surface area contributed by atoms with E-state index in [2.05, 4.69) is 39.0 Å². The Labute approximate surface area is 170 Å². The molecule has 1 saturated heterocycles. The van der Waals surface area contributed by atoms with Gasteiger partial charge in [0.25, 0.3) is 0 Å². The molecule has 4 heterocycles. The highest BCUT2D eigenvalue weighted by Crippen LogP contribution is 2.31. The summed E-state index contributed by atoms with van der Waals surface area (Å²) in [4.78, 5) is 16.5. The third-order valence-electron chi connectivity index (χ3n) is 6.04. The van der Waals surface area contributed by atoms with Crippen molar-refractivity contribution < 1.29 is 0 Å². The molecule has 0 bridgehead atoms. The van der Waals surface area contributed by atoms with Crippen LogP contribution in [-0.4, -0.2) is 50.9 Å². The van der Waals surface area contributed by atoms with Crippen molar-refractivity contribution in [3.05, 3.63) is 29.6 Å². The smallest absolute Gasteiger partial charge is 0.228 e. The highest BCUT2D eigenvalue weighted by Gasteiger charge is 2.23. The Morgan fingerprint density at radius 3 is 2.69 bits per heavy atom. The van der Waals surface area contributed by atoms with Crippen LogP contribution >= 0.6 is 0 Å². The molecule has 5 rings (SSSR count). The van der Waals surface area contributed by atoms with Crippen molar-refractivity contribution in [3.8, 4) is 0 Å². The molecular weight excluding hydrogens is 364 g/mol. The molecule has 2 fully saturated rings. The molecular formula is C21H28N8. The molecule has 3 aromatic rings. The molecule has 0 unspecified atom stereocenters. The van der Waals surface area contributed by atoms with Crippen LogP contribution in [0.25, 0.3) is 11.0 Å². The summed E-state index contributed by atoms with van der Waals surface area (Å²) >= 11 is 0. The first kappa shape index (κ1) is 18.3. The normalized spacial score (nSPS) is 17.5. The Morgan fingerprint density at radius 2 is 1.97 bits per heavy atom.